The van der Waals surface area contributed by atoms with Gasteiger partial charge < -0.3 is 65.1 Å². The predicted molar refractivity (Wildman–Crippen MR) is 304 cm³/mol. The zero-order valence-corrected chi connectivity index (χ0v) is 46.7. The summed E-state index contributed by atoms with van der Waals surface area (Å²) in [7, 11) is 0. The number of ether oxygens (including phenoxy) is 4. The first kappa shape index (κ1) is 69.0. The van der Waals surface area contributed by atoms with Crippen molar-refractivity contribution in [3.8, 4) is 0 Å². The lowest BCUT2D eigenvalue weighted by Gasteiger charge is -2.46. The first-order chi connectivity index (χ1) is 37.1. The minimum atomic E-state index is -1.80. The van der Waals surface area contributed by atoms with E-state index >= 15 is 0 Å². The summed E-state index contributed by atoms with van der Waals surface area (Å²) in [6.45, 7) is 2.62. The highest BCUT2D eigenvalue weighted by Gasteiger charge is 2.51. The summed E-state index contributed by atoms with van der Waals surface area (Å²) >= 11 is 0. The number of carbonyl (C=O) groups excluding carboxylic acids is 1. The summed E-state index contributed by atoms with van der Waals surface area (Å²) in [6.07, 6.45) is 47.3. The van der Waals surface area contributed by atoms with E-state index in [4.69, 9.17) is 18.9 Å². The van der Waals surface area contributed by atoms with E-state index in [2.05, 4.69) is 104 Å². The van der Waals surface area contributed by atoms with Crippen LogP contribution in [-0.4, -0.2) is 140 Å². The van der Waals surface area contributed by atoms with Gasteiger partial charge in [0.15, 0.2) is 12.6 Å². The molecule has 0 aromatic rings. The highest BCUT2D eigenvalue weighted by Crippen LogP contribution is 2.30. The number of rotatable bonds is 45. The largest absolute Gasteiger partial charge is 0.394 e. The number of allylic oxidation sites excluding steroid dienone is 15. The van der Waals surface area contributed by atoms with Crippen LogP contribution in [0.2, 0.25) is 0 Å². The smallest absolute Gasteiger partial charge is 0.220 e. The van der Waals surface area contributed by atoms with Crippen LogP contribution in [0.3, 0.4) is 0 Å². The Balaban J connectivity index is 1.75. The van der Waals surface area contributed by atoms with Crippen LogP contribution in [0, 0.1) is 0 Å². The summed E-state index contributed by atoms with van der Waals surface area (Å²) in [5.74, 6) is -0.262. The summed E-state index contributed by atoms with van der Waals surface area (Å²) < 4.78 is 22.7. The topological polar surface area (TPSA) is 228 Å². The fourth-order valence-electron chi connectivity index (χ4n) is 9.00. The number of unbranched alkanes of at least 4 members (excludes halogenated alkanes) is 18. The molecular weight excluding hydrogens is 967 g/mol. The second-order valence-corrected chi connectivity index (χ2v) is 20.4. The van der Waals surface area contributed by atoms with Crippen LogP contribution < -0.4 is 5.32 Å². The highest BCUT2D eigenvalue weighted by atomic mass is 16.7. The Morgan fingerprint density at radius 3 is 1.45 bits per heavy atom. The van der Waals surface area contributed by atoms with Crippen molar-refractivity contribution < 1.29 is 64.6 Å². The molecule has 12 unspecified atom stereocenters. The summed E-state index contributed by atoms with van der Waals surface area (Å²) in [5, 5.41) is 87.0. The number of carbonyl (C=O) groups is 1. The van der Waals surface area contributed by atoms with Gasteiger partial charge in [-0.2, -0.15) is 0 Å². The minimum Gasteiger partial charge on any atom is -0.394 e. The van der Waals surface area contributed by atoms with Gasteiger partial charge >= 0.3 is 0 Å². The van der Waals surface area contributed by atoms with Gasteiger partial charge in [-0.05, 0) is 89.9 Å². The molecule has 14 nitrogen and oxygen atoms in total. The molecule has 436 valence electrons. The Labute approximate surface area is 458 Å². The van der Waals surface area contributed by atoms with Gasteiger partial charge in [-0.3, -0.25) is 4.79 Å². The molecule has 76 heavy (non-hydrogen) atoms. The molecule has 2 aliphatic heterocycles. The second kappa shape index (κ2) is 46.8. The van der Waals surface area contributed by atoms with Crippen LogP contribution in [0.15, 0.2) is 97.2 Å². The third kappa shape index (κ3) is 32.1. The Bertz CT molecular complexity index is 1640. The molecule has 2 rings (SSSR count). The maximum absolute atomic E-state index is 13.2. The molecule has 2 aliphatic rings. The van der Waals surface area contributed by atoms with Gasteiger partial charge in [0.25, 0.3) is 0 Å². The Morgan fingerprint density at radius 2 is 0.921 bits per heavy atom. The molecule has 1 amide bonds. The lowest BCUT2D eigenvalue weighted by Crippen LogP contribution is -2.65. The van der Waals surface area contributed by atoms with E-state index in [1.165, 1.54) is 77.0 Å². The zero-order valence-electron chi connectivity index (χ0n) is 46.7. The molecule has 12 atom stereocenters. The molecule has 0 aliphatic carbocycles. The van der Waals surface area contributed by atoms with Crippen LogP contribution in [0.5, 0.6) is 0 Å². The molecule has 0 saturated carbocycles. The zero-order chi connectivity index (χ0) is 55.3. The van der Waals surface area contributed by atoms with Gasteiger partial charge in [0.05, 0.1) is 32.0 Å². The van der Waals surface area contributed by atoms with E-state index in [1.54, 1.807) is 6.08 Å². The van der Waals surface area contributed by atoms with E-state index in [-0.39, 0.29) is 18.9 Å². The lowest BCUT2D eigenvalue weighted by molar-refractivity contribution is -0.359. The normalized spacial score (nSPS) is 25.6. The molecule has 0 aromatic heterocycles. The van der Waals surface area contributed by atoms with Gasteiger partial charge in [-0.25, -0.2) is 0 Å². The average molecular weight is 1070 g/mol. The Morgan fingerprint density at radius 1 is 0.487 bits per heavy atom. The average Bonchev–Trinajstić information content (AvgIpc) is 3.42. The fourth-order valence-corrected chi connectivity index (χ4v) is 9.00. The third-order valence-corrected chi connectivity index (χ3v) is 13.7. The lowest BCUT2D eigenvalue weighted by atomic mass is 9.97. The van der Waals surface area contributed by atoms with Crippen molar-refractivity contribution >= 4 is 5.91 Å². The van der Waals surface area contributed by atoms with Gasteiger partial charge in [-0.15, -0.1) is 0 Å². The number of hydrogen-bond acceptors (Lipinski definition) is 13. The Hall–Kier alpha value is -3.09. The van der Waals surface area contributed by atoms with E-state index in [0.717, 1.165) is 83.5 Å². The molecule has 2 heterocycles. The summed E-state index contributed by atoms with van der Waals surface area (Å²) in [6, 6.07) is -0.945. The summed E-state index contributed by atoms with van der Waals surface area (Å²) in [4.78, 5) is 13.2. The van der Waals surface area contributed by atoms with Crippen LogP contribution in [0.1, 0.15) is 194 Å². The number of aliphatic hydroxyl groups excluding tert-OH is 8. The van der Waals surface area contributed by atoms with Crippen molar-refractivity contribution in [2.45, 2.75) is 267 Å². The molecule has 14 heteroatoms. The van der Waals surface area contributed by atoms with Gasteiger partial charge in [-0.1, -0.05) is 195 Å². The van der Waals surface area contributed by atoms with Crippen molar-refractivity contribution in [1.29, 1.82) is 0 Å². The highest BCUT2D eigenvalue weighted by molar-refractivity contribution is 5.76. The van der Waals surface area contributed by atoms with Crippen molar-refractivity contribution in [2.75, 3.05) is 19.8 Å². The van der Waals surface area contributed by atoms with Gasteiger partial charge in [0, 0.05) is 6.42 Å². The quantitative estimate of drug-likeness (QED) is 0.0205. The molecule has 0 bridgehead atoms. The van der Waals surface area contributed by atoms with E-state index < -0.39 is 86.8 Å². The van der Waals surface area contributed by atoms with Crippen molar-refractivity contribution in [3.05, 3.63) is 97.2 Å². The van der Waals surface area contributed by atoms with Crippen LogP contribution >= 0.6 is 0 Å². The van der Waals surface area contributed by atoms with Gasteiger partial charge in [0.2, 0.25) is 5.91 Å². The van der Waals surface area contributed by atoms with Crippen molar-refractivity contribution in [1.82, 2.24) is 5.32 Å². The van der Waals surface area contributed by atoms with Gasteiger partial charge in [0.1, 0.15) is 48.8 Å². The third-order valence-electron chi connectivity index (χ3n) is 13.7. The Kier molecular flexibility index (Phi) is 42.5. The standard InChI is InChI=1S/C62H105NO13/c1-3-5-7-9-11-13-15-17-19-20-21-22-23-24-25-26-27-28-29-30-32-34-36-38-40-42-44-46-54(67)63-50(51(66)45-43-41-39-37-35-33-31-18-16-14-12-10-8-6-4-2)49-73-61-59(72)57(70)60(53(48-65)75-61)76-62-58(71)56(69)55(68)52(47-64)74-62/h5,7,11,13,16-19,21-22,24-25,35,37,43,45,50-53,55-62,64-66,68-72H,3-4,6,8-10,12,14-15,20,23,26-34,36,38-42,44,46-49H2,1-2H3,(H,63,67)/b7-5-,13-11-,18-16+,19-17-,22-21-,25-24-,37-35+,45-43+. The van der Waals surface area contributed by atoms with Crippen molar-refractivity contribution in [3.63, 3.8) is 0 Å². The molecule has 0 spiro atoms. The number of nitrogens with one attached hydrogen (secondary N) is 1. The van der Waals surface area contributed by atoms with Crippen LogP contribution in [-0.2, 0) is 23.7 Å². The predicted octanol–water partition coefficient (Wildman–Crippen LogP) is 9.89. The van der Waals surface area contributed by atoms with Crippen molar-refractivity contribution in [2.24, 2.45) is 0 Å². The molecule has 2 saturated heterocycles. The van der Waals surface area contributed by atoms with E-state index in [0.29, 0.717) is 12.8 Å². The first-order valence-corrected chi connectivity index (χ1v) is 29.5. The second-order valence-electron chi connectivity index (χ2n) is 20.4. The van der Waals surface area contributed by atoms with E-state index in [9.17, 15) is 45.6 Å². The summed E-state index contributed by atoms with van der Waals surface area (Å²) in [5.41, 5.74) is 0. The molecule has 2 fully saturated rings. The first-order valence-electron chi connectivity index (χ1n) is 29.5. The number of hydrogen-bond donors (Lipinski definition) is 9. The number of aliphatic hydroxyl groups is 8. The SMILES string of the molecule is CC/C=C\C/C=C\C/C=C\C/C=C\C/C=C\CCCCCCCCCCCCCC(=O)NC(COC1OC(CO)C(OC2OC(CO)C(O)C(O)C2O)C(O)C1O)C(O)/C=C/CC/C=C/CC/C=C/CCCCCCC. The molecular formula is C62H105NO13. The molecule has 0 radical (unpaired) electrons. The maximum Gasteiger partial charge on any atom is 0.220 e. The van der Waals surface area contributed by atoms with Crippen LogP contribution in [0.4, 0.5) is 0 Å². The molecule has 0 aromatic carbocycles. The fraction of sp³-hybridized carbons (Fsp3) is 0.726. The molecule has 9 N–H and O–H groups in total. The number of amides is 1. The van der Waals surface area contributed by atoms with Crippen LogP contribution in [0.25, 0.3) is 0 Å². The monoisotopic (exact) mass is 1070 g/mol. The maximum atomic E-state index is 13.2. The minimum absolute atomic E-state index is 0.260. The van der Waals surface area contributed by atoms with E-state index in [1.807, 2.05) is 6.08 Å².